The van der Waals surface area contributed by atoms with E-state index in [0.29, 0.717) is 0 Å². The maximum Gasteiger partial charge on any atom is 0.127 e. The van der Waals surface area contributed by atoms with Crippen molar-refractivity contribution >= 4 is 11.6 Å². The van der Waals surface area contributed by atoms with Crippen LogP contribution >= 0.6 is 11.6 Å². The van der Waals surface area contributed by atoms with E-state index in [1.54, 1.807) is 12.5 Å². The fourth-order valence-electron chi connectivity index (χ4n) is 2.04. The van der Waals surface area contributed by atoms with E-state index < -0.39 is 0 Å². The highest BCUT2D eigenvalue weighted by Gasteiger charge is 2.17. The van der Waals surface area contributed by atoms with Gasteiger partial charge in [0.1, 0.15) is 5.75 Å². The normalized spacial score (nSPS) is 13.6. The zero-order chi connectivity index (χ0) is 11.0. The van der Waals surface area contributed by atoms with Crippen molar-refractivity contribution in [3.05, 3.63) is 47.0 Å². The van der Waals surface area contributed by atoms with E-state index in [9.17, 15) is 0 Å². The molecule has 16 heavy (non-hydrogen) atoms. The van der Waals surface area contributed by atoms with Crippen molar-refractivity contribution in [3.8, 4) is 5.75 Å². The molecule has 4 heteroatoms. The molecule has 0 amide bonds. The average Bonchev–Trinajstić information content (AvgIpc) is 2.87. The Morgan fingerprint density at radius 1 is 1.44 bits per heavy atom. The number of hydrogen-bond donors (Lipinski definition) is 0. The minimum absolute atomic E-state index is 0.753. The summed E-state index contributed by atoms with van der Waals surface area (Å²) in [4.78, 5) is 4.02. The van der Waals surface area contributed by atoms with Gasteiger partial charge in [-0.1, -0.05) is 11.6 Å². The second kappa shape index (κ2) is 3.83. The molecule has 2 heterocycles. The summed E-state index contributed by atoms with van der Waals surface area (Å²) >= 11 is 6.09. The van der Waals surface area contributed by atoms with Crippen LogP contribution < -0.4 is 4.74 Å². The van der Waals surface area contributed by atoms with Crippen LogP contribution in [0.1, 0.15) is 11.1 Å². The number of imidazole rings is 1. The summed E-state index contributed by atoms with van der Waals surface area (Å²) in [5.74, 6) is 0.998. The molecule has 0 unspecified atom stereocenters. The summed E-state index contributed by atoms with van der Waals surface area (Å²) in [5.41, 5.74) is 2.33. The lowest BCUT2D eigenvalue weighted by Gasteiger charge is -2.09. The Morgan fingerprint density at radius 3 is 3.19 bits per heavy atom. The molecule has 0 saturated heterocycles. The van der Waals surface area contributed by atoms with Crippen molar-refractivity contribution in [1.29, 1.82) is 0 Å². The fourth-order valence-corrected chi connectivity index (χ4v) is 2.30. The minimum atomic E-state index is 0.753. The van der Waals surface area contributed by atoms with Crippen LogP contribution in [-0.2, 0) is 13.0 Å². The van der Waals surface area contributed by atoms with Gasteiger partial charge >= 0.3 is 0 Å². The number of fused-ring (bicyclic) bond motifs is 1. The summed E-state index contributed by atoms with van der Waals surface area (Å²) in [5, 5.41) is 0.777. The van der Waals surface area contributed by atoms with E-state index in [1.807, 2.05) is 22.9 Å². The number of nitrogens with zero attached hydrogens (tertiary/aromatic N) is 2. The van der Waals surface area contributed by atoms with Gasteiger partial charge in [-0.15, -0.1) is 0 Å². The predicted octanol–water partition coefficient (Wildman–Crippen LogP) is 2.52. The van der Waals surface area contributed by atoms with E-state index >= 15 is 0 Å². The molecule has 1 aromatic carbocycles. The smallest absolute Gasteiger partial charge is 0.127 e. The molecule has 0 radical (unpaired) electrons. The van der Waals surface area contributed by atoms with Gasteiger partial charge in [-0.25, -0.2) is 4.98 Å². The number of hydrogen-bond acceptors (Lipinski definition) is 2. The van der Waals surface area contributed by atoms with Gasteiger partial charge in [-0.2, -0.15) is 0 Å². The van der Waals surface area contributed by atoms with Crippen molar-refractivity contribution in [1.82, 2.24) is 9.55 Å². The summed E-state index contributed by atoms with van der Waals surface area (Å²) in [6, 6.07) is 3.95. The molecule has 0 saturated carbocycles. The topological polar surface area (TPSA) is 27.1 Å². The first kappa shape index (κ1) is 9.73. The molecule has 3 rings (SSSR count). The van der Waals surface area contributed by atoms with Crippen LogP contribution in [0.15, 0.2) is 30.9 Å². The third kappa shape index (κ3) is 1.67. The summed E-state index contributed by atoms with van der Waals surface area (Å²) in [6.07, 6.45) is 6.45. The van der Waals surface area contributed by atoms with Gasteiger partial charge in [0.25, 0.3) is 0 Å². The van der Waals surface area contributed by atoms with Gasteiger partial charge in [0.05, 0.1) is 19.5 Å². The average molecular weight is 235 g/mol. The zero-order valence-electron chi connectivity index (χ0n) is 8.69. The van der Waals surface area contributed by atoms with Crippen molar-refractivity contribution in [2.45, 2.75) is 13.0 Å². The molecular weight excluding hydrogens is 224 g/mol. The van der Waals surface area contributed by atoms with Crippen LogP contribution in [0.4, 0.5) is 0 Å². The Morgan fingerprint density at radius 2 is 2.38 bits per heavy atom. The van der Waals surface area contributed by atoms with E-state index in [0.717, 1.165) is 35.9 Å². The van der Waals surface area contributed by atoms with E-state index in [4.69, 9.17) is 16.3 Å². The molecule has 1 aliphatic rings. The molecule has 1 aromatic heterocycles. The molecule has 0 bridgehead atoms. The van der Waals surface area contributed by atoms with Crippen LogP contribution in [0.25, 0.3) is 0 Å². The lowest BCUT2D eigenvalue weighted by molar-refractivity contribution is 0.352. The quantitative estimate of drug-likeness (QED) is 0.799. The van der Waals surface area contributed by atoms with Crippen molar-refractivity contribution in [2.75, 3.05) is 6.61 Å². The van der Waals surface area contributed by atoms with Gasteiger partial charge in [0, 0.05) is 29.4 Å². The van der Waals surface area contributed by atoms with Gasteiger partial charge in [-0.3, -0.25) is 0 Å². The fraction of sp³-hybridized carbons (Fsp3) is 0.250. The minimum Gasteiger partial charge on any atom is -0.493 e. The van der Waals surface area contributed by atoms with Crippen LogP contribution in [0.2, 0.25) is 5.02 Å². The Balaban J connectivity index is 2.00. The van der Waals surface area contributed by atoms with E-state index in [-0.39, 0.29) is 0 Å². The Hall–Kier alpha value is -1.48. The molecule has 2 aromatic rings. The zero-order valence-corrected chi connectivity index (χ0v) is 9.44. The third-order valence-electron chi connectivity index (χ3n) is 2.74. The number of benzene rings is 1. The highest BCUT2D eigenvalue weighted by molar-refractivity contribution is 6.30. The Kier molecular flexibility index (Phi) is 2.33. The Bertz CT molecular complexity index is 508. The van der Waals surface area contributed by atoms with Gasteiger partial charge in [0.2, 0.25) is 0 Å². The van der Waals surface area contributed by atoms with Crippen LogP contribution in [0, 0.1) is 0 Å². The number of rotatable bonds is 2. The van der Waals surface area contributed by atoms with Gasteiger partial charge < -0.3 is 9.30 Å². The monoisotopic (exact) mass is 234 g/mol. The van der Waals surface area contributed by atoms with Gasteiger partial charge in [-0.05, 0) is 17.7 Å². The van der Waals surface area contributed by atoms with E-state index in [1.165, 1.54) is 5.56 Å². The lowest BCUT2D eigenvalue weighted by Crippen LogP contribution is -1.99. The summed E-state index contributed by atoms with van der Waals surface area (Å²) in [6.45, 7) is 1.51. The number of aromatic nitrogens is 2. The lowest BCUT2D eigenvalue weighted by atomic mass is 10.1. The predicted molar refractivity (Wildman–Crippen MR) is 62.0 cm³/mol. The summed E-state index contributed by atoms with van der Waals surface area (Å²) in [7, 11) is 0. The molecule has 0 N–H and O–H groups in total. The molecule has 0 aliphatic carbocycles. The molecule has 0 atom stereocenters. The highest BCUT2D eigenvalue weighted by atomic mass is 35.5. The first-order chi connectivity index (χ1) is 7.83. The van der Waals surface area contributed by atoms with Gasteiger partial charge in [0.15, 0.2) is 0 Å². The second-order valence-electron chi connectivity index (χ2n) is 3.89. The van der Waals surface area contributed by atoms with Crippen LogP contribution in [-0.4, -0.2) is 16.2 Å². The van der Waals surface area contributed by atoms with Crippen molar-refractivity contribution in [2.24, 2.45) is 0 Å². The largest absolute Gasteiger partial charge is 0.493 e. The molecule has 0 fully saturated rings. The van der Waals surface area contributed by atoms with Crippen molar-refractivity contribution in [3.63, 3.8) is 0 Å². The molecule has 0 spiro atoms. The molecule has 3 nitrogen and oxygen atoms in total. The summed E-state index contributed by atoms with van der Waals surface area (Å²) < 4.78 is 7.65. The van der Waals surface area contributed by atoms with Crippen LogP contribution in [0.5, 0.6) is 5.75 Å². The molecule has 1 aliphatic heterocycles. The SMILES string of the molecule is Clc1cc2c(c(Cn3ccnc3)c1)OCC2. The third-order valence-corrected chi connectivity index (χ3v) is 2.96. The number of ether oxygens (including phenoxy) is 1. The first-order valence-corrected chi connectivity index (χ1v) is 5.60. The first-order valence-electron chi connectivity index (χ1n) is 5.23. The van der Waals surface area contributed by atoms with Crippen molar-refractivity contribution < 1.29 is 4.74 Å². The van der Waals surface area contributed by atoms with E-state index in [2.05, 4.69) is 4.98 Å². The standard InChI is InChI=1S/C12H11ClN2O/c13-11-5-9-1-4-16-12(9)10(6-11)7-15-3-2-14-8-15/h2-3,5-6,8H,1,4,7H2. The van der Waals surface area contributed by atoms with Crippen LogP contribution in [0.3, 0.4) is 0 Å². The molecular formula is C12H11ClN2O. The maximum absolute atomic E-state index is 6.09. The molecule has 82 valence electrons. The number of halogens is 1. The highest BCUT2D eigenvalue weighted by Crippen LogP contribution is 2.33. The second-order valence-corrected chi connectivity index (χ2v) is 4.32. The Labute approximate surface area is 98.6 Å². The maximum atomic E-state index is 6.09.